The highest BCUT2D eigenvalue weighted by atomic mass is 16.3. The van der Waals surface area contributed by atoms with Crippen LogP contribution in [0.5, 0.6) is 0 Å². The summed E-state index contributed by atoms with van der Waals surface area (Å²) < 4.78 is 1.88. The molecule has 2 aromatic rings. The highest BCUT2D eigenvalue weighted by molar-refractivity contribution is 5.79. The molecule has 1 aliphatic rings. The van der Waals surface area contributed by atoms with Crippen LogP contribution in [0, 0.1) is 0 Å². The van der Waals surface area contributed by atoms with Gasteiger partial charge >= 0.3 is 0 Å². The summed E-state index contributed by atoms with van der Waals surface area (Å²) in [5, 5.41) is 11.1. The largest absolute Gasteiger partial charge is 0.378 e. The first-order valence-electron chi connectivity index (χ1n) is 9.75. The van der Waals surface area contributed by atoms with E-state index in [9.17, 15) is 5.11 Å². The predicted octanol–water partition coefficient (Wildman–Crippen LogP) is 4.37. The lowest BCUT2D eigenvalue weighted by atomic mass is 10.1. The fraction of sp³-hybridized carbons (Fsp3) is 0.292. The molecule has 2 heterocycles. The Bertz CT molecular complexity index is 934. The molecule has 0 spiro atoms. The van der Waals surface area contributed by atoms with Gasteiger partial charge in [-0.2, -0.15) is 0 Å². The minimum Gasteiger partial charge on any atom is -0.378 e. The zero-order valence-electron chi connectivity index (χ0n) is 17.9. The third-order valence-corrected chi connectivity index (χ3v) is 4.94. The van der Waals surface area contributed by atoms with Crippen molar-refractivity contribution in [3.8, 4) is 0 Å². The number of hydrogen-bond acceptors (Lipinski definition) is 4. The van der Waals surface area contributed by atoms with Crippen molar-refractivity contribution in [2.24, 2.45) is 4.99 Å². The Balaban J connectivity index is 1.80. The number of allylic oxidation sites excluding steroid dienone is 2. The van der Waals surface area contributed by atoms with Gasteiger partial charge in [-0.25, -0.2) is 0 Å². The van der Waals surface area contributed by atoms with Crippen LogP contribution in [0.2, 0.25) is 0 Å². The van der Waals surface area contributed by atoms with Crippen molar-refractivity contribution < 1.29 is 5.11 Å². The normalized spacial score (nSPS) is 16.7. The van der Waals surface area contributed by atoms with Gasteiger partial charge in [-0.15, -0.1) is 0 Å². The highest BCUT2D eigenvalue weighted by Crippen LogP contribution is 2.26. The summed E-state index contributed by atoms with van der Waals surface area (Å²) >= 11 is 0. The molecule has 0 amide bonds. The molecule has 1 unspecified atom stereocenters. The molecule has 29 heavy (non-hydrogen) atoms. The number of hydrogen-bond donors (Lipinski definition) is 1. The van der Waals surface area contributed by atoms with E-state index in [1.54, 1.807) is 6.21 Å². The molecular formula is C24H30N4O. The minimum atomic E-state index is -1.04. The van der Waals surface area contributed by atoms with E-state index >= 15 is 0 Å². The first-order chi connectivity index (χ1) is 13.8. The number of aliphatic imine (C=N–C) groups is 1. The molecule has 0 bridgehead atoms. The maximum Gasteiger partial charge on any atom is 0.142 e. The fourth-order valence-electron chi connectivity index (χ4n) is 3.25. The summed E-state index contributed by atoms with van der Waals surface area (Å²) in [6.07, 6.45) is 14.1. The molecule has 3 rings (SSSR count). The van der Waals surface area contributed by atoms with Gasteiger partial charge in [-0.05, 0) is 61.0 Å². The zero-order valence-corrected chi connectivity index (χ0v) is 17.9. The standard InChI is InChI=1S/C24H30N4O/c1-24(29,28-14-8-11-21(28)17-20-10-7-13-25-20)12-6-9-19-15-22(26(2)3)18-23(16-19)27(4)5/h6-11,13-18,29H,12H2,1-5H3/b9-6+,20-17+. The Labute approximate surface area is 173 Å². The Morgan fingerprint density at radius 2 is 1.79 bits per heavy atom. The molecule has 1 aliphatic heterocycles. The van der Waals surface area contributed by atoms with Gasteiger partial charge in [-0.1, -0.05) is 12.2 Å². The third kappa shape index (κ3) is 5.06. The van der Waals surface area contributed by atoms with Crippen molar-refractivity contribution in [2.45, 2.75) is 19.1 Å². The number of rotatable bonds is 7. The second-order valence-corrected chi connectivity index (χ2v) is 7.90. The van der Waals surface area contributed by atoms with E-state index in [0.29, 0.717) is 6.42 Å². The van der Waals surface area contributed by atoms with Crippen molar-refractivity contribution in [1.29, 1.82) is 0 Å². The predicted molar refractivity (Wildman–Crippen MR) is 125 cm³/mol. The van der Waals surface area contributed by atoms with Crippen LogP contribution >= 0.6 is 0 Å². The fourth-order valence-corrected chi connectivity index (χ4v) is 3.25. The van der Waals surface area contributed by atoms with Crippen LogP contribution in [0.4, 0.5) is 11.4 Å². The van der Waals surface area contributed by atoms with Crippen LogP contribution in [0.15, 0.2) is 65.4 Å². The molecule has 0 aliphatic carbocycles. The maximum absolute atomic E-state index is 11.1. The van der Waals surface area contributed by atoms with E-state index in [-0.39, 0.29) is 0 Å². The third-order valence-electron chi connectivity index (χ3n) is 4.94. The molecule has 0 saturated heterocycles. The van der Waals surface area contributed by atoms with Crippen LogP contribution in [0.1, 0.15) is 24.6 Å². The molecule has 152 valence electrons. The molecule has 1 aromatic heterocycles. The summed E-state index contributed by atoms with van der Waals surface area (Å²) in [4.78, 5) is 8.48. The Hall–Kier alpha value is -3.05. The van der Waals surface area contributed by atoms with Gasteiger partial charge in [0.2, 0.25) is 0 Å². The van der Waals surface area contributed by atoms with Crippen LogP contribution in [-0.4, -0.2) is 44.1 Å². The highest BCUT2D eigenvalue weighted by Gasteiger charge is 2.22. The summed E-state index contributed by atoms with van der Waals surface area (Å²) in [7, 11) is 8.16. The lowest BCUT2D eigenvalue weighted by Gasteiger charge is -2.26. The maximum atomic E-state index is 11.1. The van der Waals surface area contributed by atoms with Gasteiger partial charge in [0.15, 0.2) is 0 Å². The first kappa shape index (κ1) is 20.7. The van der Waals surface area contributed by atoms with E-state index in [0.717, 1.165) is 28.3 Å². The van der Waals surface area contributed by atoms with Gasteiger partial charge in [0, 0.05) is 64.1 Å². The van der Waals surface area contributed by atoms with Crippen LogP contribution in [0.25, 0.3) is 12.2 Å². The van der Waals surface area contributed by atoms with Gasteiger partial charge < -0.3 is 19.5 Å². The van der Waals surface area contributed by atoms with Crippen LogP contribution in [-0.2, 0) is 5.72 Å². The SMILES string of the molecule is CN(C)c1cc(/C=C/CC(C)(O)n2cccc2/C=C2\C=CC=N2)cc(N(C)C)c1. The molecule has 0 radical (unpaired) electrons. The lowest BCUT2D eigenvalue weighted by molar-refractivity contribution is -0.0152. The Kier molecular flexibility index (Phi) is 6.09. The number of aliphatic hydroxyl groups is 1. The molecule has 0 fully saturated rings. The smallest absolute Gasteiger partial charge is 0.142 e. The number of benzene rings is 1. The summed E-state index contributed by atoms with van der Waals surface area (Å²) in [5.41, 5.74) is 4.16. The van der Waals surface area contributed by atoms with E-state index in [4.69, 9.17) is 0 Å². The number of nitrogens with zero attached hydrogens (tertiary/aromatic N) is 4. The van der Waals surface area contributed by atoms with Crippen LogP contribution in [0.3, 0.4) is 0 Å². The molecular weight excluding hydrogens is 360 g/mol. The van der Waals surface area contributed by atoms with Crippen LogP contribution < -0.4 is 9.80 Å². The van der Waals surface area contributed by atoms with Gasteiger partial charge in [0.25, 0.3) is 0 Å². The molecule has 1 atom stereocenters. The topological polar surface area (TPSA) is 44.0 Å². The van der Waals surface area contributed by atoms with Gasteiger partial charge in [0.1, 0.15) is 5.72 Å². The summed E-state index contributed by atoms with van der Waals surface area (Å²) in [6, 6.07) is 10.4. The van der Waals surface area contributed by atoms with Crippen molar-refractivity contribution >= 4 is 29.7 Å². The monoisotopic (exact) mass is 390 g/mol. The summed E-state index contributed by atoms with van der Waals surface area (Å²) in [6.45, 7) is 1.83. The average Bonchev–Trinajstić information content (AvgIpc) is 3.34. The van der Waals surface area contributed by atoms with E-state index in [1.807, 2.05) is 82.3 Å². The lowest BCUT2D eigenvalue weighted by Crippen LogP contribution is -2.29. The van der Waals surface area contributed by atoms with E-state index in [2.05, 4.69) is 39.1 Å². The van der Waals surface area contributed by atoms with Gasteiger partial charge in [0.05, 0.1) is 5.70 Å². The average molecular weight is 391 g/mol. The van der Waals surface area contributed by atoms with Crippen molar-refractivity contribution in [2.75, 3.05) is 38.0 Å². The quantitative estimate of drug-likeness (QED) is 0.763. The Morgan fingerprint density at radius 1 is 1.10 bits per heavy atom. The van der Waals surface area contributed by atoms with E-state index in [1.165, 1.54) is 0 Å². The molecule has 1 N–H and O–H groups in total. The van der Waals surface area contributed by atoms with E-state index < -0.39 is 5.72 Å². The van der Waals surface area contributed by atoms with Gasteiger partial charge in [-0.3, -0.25) is 4.99 Å². The van der Waals surface area contributed by atoms with Crippen molar-refractivity contribution in [3.05, 3.63) is 71.7 Å². The number of anilines is 2. The molecule has 1 aromatic carbocycles. The second-order valence-electron chi connectivity index (χ2n) is 7.90. The van der Waals surface area contributed by atoms with Crippen molar-refractivity contribution in [3.63, 3.8) is 0 Å². The second kappa shape index (κ2) is 8.53. The first-order valence-corrected chi connectivity index (χ1v) is 9.75. The number of aromatic nitrogens is 1. The molecule has 5 nitrogen and oxygen atoms in total. The molecule has 5 heteroatoms. The van der Waals surface area contributed by atoms with Crippen molar-refractivity contribution in [1.82, 2.24) is 4.57 Å². The minimum absolute atomic E-state index is 0.487. The molecule has 0 saturated carbocycles. The zero-order chi connectivity index (χ0) is 21.0. The summed E-state index contributed by atoms with van der Waals surface area (Å²) in [5.74, 6) is 0. The Morgan fingerprint density at radius 3 is 2.38 bits per heavy atom.